The van der Waals surface area contributed by atoms with Gasteiger partial charge in [0, 0.05) is 31.7 Å². The van der Waals surface area contributed by atoms with E-state index in [0.29, 0.717) is 58.6 Å². The molecule has 4 rings (SSSR count). The maximum atomic E-state index is 13.2. The molecule has 7 nitrogen and oxygen atoms in total. The van der Waals surface area contributed by atoms with E-state index in [2.05, 4.69) is 25.8 Å². The van der Waals surface area contributed by atoms with Crippen molar-refractivity contribution in [1.29, 1.82) is 0 Å². The van der Waals surface area contributed by atoms with Gasteiger partial charge < -0.3 is 14.5 Å². The van der Waals surface area contributed by atoms with Crippen molar-refractivity contribution in [2.24, 2.45) is 0 Å². The summed E-state index contributed by atoms with van der Waals surface area (Å²) in [5.41, 5.74) is 2.99. The number of anilines is 1. The zero-order valence-electron chi connectivity index (χ0n) is 21.0. The highest BCUT2D eigenvalue weighted by Crippen LogP contribution is 2.30. The van der Waals surface area contributed by atoms with Crippen molar-refractivity contribution in [3.8, 4) is 0 Å². The Balaban J connectivity index is 1.59. The number of carbonyl (C=O) groups is 2. The Kier molecular flexibility index (Phi) is 7.71. The Morgan fingerprint density at radius 1 is 0.944 bits per heavy atom. The van der Waals surface area contributed by atoms with E-state index in [9.17, 15) is 9.59 Å². The molecule has 0 N–H and O–H groups in total. The van der Waals surface area contributed by atoms with E-state index in [1.807, 2.05) is 34.1 Å². The average Bonchev–Trinajstić information content (AvgIpc) is 3.10. The fraction of sp³-hybridized carbons (Fsp3) is 0.407. The van der Waals surface area contributed by atoms with Gasteiger partial charge in [-0.05, 0) is 48.6 Å². The lowest BCUT2D eigenvalue weighted by Crippen LogP contribution is -2.36. The van der Waals surface area contributed by atoms with Crippen LogP contribution in [0.5, 0.6) is 0 Å². The van der Waals surface area contributed by atoms with Crippen LogP contribution in [-0.2, 0) is 10.2 Å². The minimum atomic E-state index is -0.552. The van der Waals surface area contributed by atoms with E-state index in [4.69, 9.17) is 32.9 Å². The van der Waals surface area contributed by atoms with Crippen molar-refractivity contribution in [3.05, 3.63) is 63.3 Å². The van der Waals surface area contributed by atoms with Gasteiger partial charge in [0.25, 0.3) is 5.91 Å². The molecular formula is C27H30Cl2N4O3. The summed E-state index contributed by atoms with van der Waals surface area (Å²) in [6.07, 6.45) is 0.717. The van der Waals surface area contributed by atoms with E-state index < -0.39 is 5.97 Å². The normalized spacial score (nSPS) is 14.6. The molecule has 1 aromatic heterocycles. The van der Waals surface area contributed by atoms with E-state index in [0.717, 1.165) is 6.42 Å². The van der Waals surface area contributed by atoms with Crippen molar-refractivity contribution < 1.29 is 14.3 Å². The average molecular weight is 529 g/mol. The van der Waals surface area contributed by atoms with Crippen LogP contribution in [0.2, 0.25) is 10.0 Å². The topological polar surface area (TPSA) is 75.6 Å². The second-order valence-electron chi connectivity index (χ2n) is 9.83. The van der Waals surface area contributed by atoms with Gasteiger partial charge in [0.2, 0.25) is 0 Å². The summed E-state index contributed by atoms with van der Waals surface area (Å²) in [5.74, 6) is -0.138. The number of hydrogen-bond acceptors (Lipinski definition) is 6. The number of nitrogens with zero attached hydrogens (tertiary/aromatic N) is 4. The van der Waals surface area contributed by atoms with Crippen LogP contribution in [0.4, 0.5) is 5.82 Å². The highest BCUT2D eigenvalue weighted by atomic mass is 35.5. The minimum Gasteiger partial charge on any atom is -0.461 e. The lowest BCUT2D eigenvalue weighted by molar-refractivity contribution is 0.0520. The summed E-state index contributed by atoms with van der Waals surface area (Å²) in [5, 5.41) is 0.693. The van der Waals surface area contributed by atoms with E-state index in [1.54, 1.807) is 19.1 Å². The van der Waals surface area contributed by atoms with Crippen LogP contribution < -0.4 is 4.90 Å². The van der Waals surface area contributed by atoms with Crippen LogP contribution in [0.25, 0.3) is 11.0 Å². The summed E-state index contributed by atoms with van der Waals surface area (Å²) in [6, 6.07) is 11.1. The quantitative estimate of drug-likeness (QED) is 0.400. The van der Waals surface area contributed by atoms with Crippen LogP contribution in [-0.4, -0.2) is 59.5 Å². The zero-order chi connectivity index (χ0) is 26.0. The molecule has 0 atom stereocenters. The van der Waals surface area contributed by atoms with Crippen molar-refractivity contribution in [2.45, 2.75) is 39.5 Å². The molecule has 0 aliphatic carbocycles. The first-order valence-corrected chi connectivity index (χ1v) is 12.8. The molecule has 190 valence electrons. The number of benzene rings is 2. The number of amides is 1. The Labute approximate surface area is 221 Å². The molecule has 0 radical (unpaired) electrons. The molecular weight excluding hydrogens is 499 g/mol. The third-order valence-electron chi connectivity index (χ3n) is 6.24. The number of hydrogen-bond donors (Lipinski definition) is 0. The van der Waals surface area contributed by atoms with Gasteiger partial charge in [0.15, 0.2) is 11.5 Å². The van der Waals surface area contributed by atoms with Gasteiger partial charge in [0.05, 0.1) is 27.7 Å². The number of esters is 1. The smallest absolute Gasteiger partial charge is 0.360 e. The highest BCUT2D eigenvalue weighted by Gasteiger charge is 2.27. The van der Waals surface area contributed by atoms with Crippen molar-refractivity contribution in [3.63, 3.8) is 0 Å². The summed E-state index contributed by atoms with van der Waals surface area (Å²) >= 11 is 12.4. The van der Waals surface area contributed by atoms with Crippen LogP contribution in [0.3, 0.4) is 0 Å². The minimum absolute atomic E-state index is 0.00561. The molecule has 0 bridgehead atoms. The number of carbonyl (C=O) groups excluding carboxylic acids is 2. The molecule has 2 aromatic carbocycles. The zero-order valence-corrected chi connectivity index (χ0v) is 22.5. The van der Waals surface area contributed by atoms with Gasteiger partial charge in [-0.15, -0.1) is 0 Å². The van der Waals surface area contributed by atoms with Crippen LogP contribution in [0, 0.1) is 0 Å². The van der Waals surface area contributed by atoms with Crippen LogP contribution >= 0.6 is 23.2 Å². The largest absolute Gasteiger partial charge is 0.461 e. The number of halogens is 2. The third-order valence-corrected chi connectivity index (χ3v) is 6.96. The van der Waals surface area contributed by atoms with Gasteiger partial charge in [-0.25, -0.2) is 14.8 Å². The molecule has 9 heteroatoms. The monoisotopic (exact) mass is 528 g/mol. The number of aromatic nitrogens is 2. The Morgan fingerprint density at radius 3 is 2.19 bits per heavy atom. The SMILES string of the molecule is CCOC(=O)c1nc2cc(Cl)c(Cl)cc2nc1N1CCCN(C(=O)c2ccc(C(C)(C)C)cc2)CC1. The third kappa shape index (κ3) is 5.57. The maximum Gasteiger partial charge on any atom is 0.360 e. The standard InChI is InChI=1S/C27H30Cl2N4O3/c1-5-36-26(35)23-24(31-22-16-20(29)19(28)15-21(22)30-23)32-11-6-12-33(14-13-32)25(34)17-7-9-18(10-8-17)27(2,3)4/h7-10,15-16H,5-6,11-14H2,1-4H3. The predicted octanol–water partition coefficient (Wildman–Crippen LogP) is 5.76. The predicted molar refractivity (Wildman–Crippen MR) is 143 cm³/mol. The fourth-order valence-corrected chi connectivity index (χ4v) is 4.54. The molecule has 2 heterocycles. The number of ether oxygens (including phenoxy) is 1. The highest BCUT2D eigenvalue weighted by molar-refractivity contribution is 6.42. The number of rotatable bonds is 4. The van der Waals surface area contributed by atoms with Crippen LogP contribution in [0.15, 0.2) is 36.4 Å². The first-order valence-electron chi connectivity index (χ1n) is 12.1. The Bertz CT molecular complexity index is 1290. The first kappa shape index (κ1) is 26.2. The first-order chi connectivity index (χ1) is 17.1. The Morgan fingerprint density at radius 2 is 1.58 bits per heavy atom. The van der Waals surface area contributed by atoms with Gasteiger partial charge >= 0.3 is 5.97 Å². The summed E-state index contributed by atoms with van der Waals surface area (Å²) in [4.78, 5) is 39.1. The molecule has 1 amide bonds. The molecule has 36 heavy (non-hydrogen) atoms. The van der Waals surface area contributed by atoms with E-state index in [-0.39, 0.29) is 23.6 Å². The lowest BCUT2D eigenvalue weighted by Gasteiger charge is -2.24. The van der Waals surface area contributed by atoms with E-state index in [1.165, 1.54) is 5.56 Å². The summed E-state index contributed by atoms with van der Waals surface area (Å²) in [7, 11) is 0. The molecule has 0 saturated carbocycles. The van der Waals surface area contributed by atoms with Crippen molar-refractivity contribution >= 4 is 51.9 Å². The molecule has 0 unspecified atom stereocenters. The molecule has 1 saturated heterocycles. The van der Waals surface area contributed by atoms with Gasteiger partial charge in [0.1, 0.15) is 0 Å². The molecule has 0 spiro atoms. The van der Waals surface area contributed by atoms with Crippen molar-refractivity contribution in [1.82, 2.24) is 14.9 Å². The second kappa shape index (κ2) is 10.6. The van der Waals surface area contributed by atoms with Gasteiger partial charge in [-0.3, -0.25) is 4.79 Å². The summed E-state index contributed by atoms with van der Waals surface area (Å²) < 4.78 is 5.25. The van der Waals surface area contributed by atoms with E-state index >= 15 is 0 Å². The molecule has 1 aliphatic heterocycles. The van der Waals surface area contributed by atoms with Crippen LogP contribution in [0.1, 0.15) is 60.5 Å². The van der Waals surface area contributed by atoms with Crippen molar-refractivity contribution in [2.75, 3.05) is 37.7 Å². The second-order valence-corrected chi connectivity index (χ2v) is 10.6. The van der Waals surface area contributed by atoms with Gasteiger partial charge in [-0.2, -0.15) is 0 Å². The fourth-order valence-electron chi connectivity index (χ4n) is 4.23. The maximum absolute atomic E-state index is 13.2. The lowest BCUT2D eigenvalue weighted by atomic mass is 9.86. The Hall–Kier alpha value is -2.90. The number of fused-ring (bicyclic) bond motifs is 1. The van der Waals surface area contributed by atoms with Gasteiger partial charge in [-0.1, -0.05) is 56.1 Å². The summed E-state index contributed by atoms with van der Waals surface area (Å²) in [6.45, 7) is 10.6. The molecule has 3 aromatic rings. The molecule has 1 aliphatic rings. The molecule has 1 fully saturated rings.